The Morgan fingerprint density at radius 3 is 2.40 bits per heavy atom. The number of hydrogen-bond acceptors (Lipinski definition) is 4. The second kappa shape index (κ2) is 10.8. The molecule has 4 aromatic rings. The molecule has 35 heavy (non-hydrogen) atoms. The van der Waals surface area contributed by atoms with E-state index in [0.717, 1.165) is 29.8 Å². The average Bonchev–Trinajstić information content (AvgIpc) is 2.84. The molecule has 0 unspecified atom stereocenters. The van der Waals surface area contributed by atoms with Crippen LogP contribution < -0.4 is 10.9 Å². The zero-order valence-corrected chi connectivity index (χ0v) is 19.4. The molecular weight excluding hydrogens is 475 g/mol. The lowest BCUT2D eigenvalue weighted by atomic mass is 10.1. The van der Waals surface area contributed by atoms with Crippen molar-refractivity contribution in [2.75, 3.05) is 11.1 Å². The second-order valence-corrected chi connectivity index (χ2v) is 8.78. The number of nitrogens with one attached hydrogen (secondary N) is 1. The summed E-state index contributed by atoms with van der Waals surface area (Å²) in [6, 6.07) is 21.6. The number of anilines is 1. The molecular formula is C26H22F3N3O2S. The van der Waals surface area contributed by atoms with Crippen molar-refractivity contribution in [2.24, 2.45) is 0 Å². The van der Waals surface area contributed by atoms with E-state index >= 15 is 0 Å². The molecule has 180 valence electrons. The maximum Gasteiger partial charge on any atom is 0.418 e. The first kappa shape index (κ1) is 24.5. The summed E-state index contributed by atoms with van der Waals surface area (Å²) in [6.07, 6.45) is -3.14. The number of carbonyl (C=O) groups excluding carboxylic acids is 1. The van der Waals surface area contributed by atoms with E-state index in [-0.39, 0.29) is 17.0 Å². The molecule has 1 amide bonds. The van der Waals surface area contributed by atoms with Gasteiger partial charge in [-0.15, -0.1) is 0 Å². The van der Waals surface area contributed by atoms with Crippen LogP contribution in [0.2, 0.25) is 0 Å². The van der Waals surface area contributed by atoms with Crippen molar-refractivity contribution >= 4 is 34.3 Å². The Kier molecular flexibility index (Phi) is 7.55. The summed E-state index contributed by atoms with van der Waals surface area (Å²) in [5.74, 6) is -0.819. The highest BCUT2D eigenvalue weighted by molar-refractivity contribution is 7.99. The number of para-hydroxylation sites is 2. The van der Waals surface area contributed by atoms with Crippen LogP contribution in [0.15, 0.2) is 88.8 Å². The van der Waals surface area contributed by atoms with Gasteiger partial charge in [-0.1, -0.05) is 66.4 Å². The Bertz CT molecular complexity index is 1390. The summed E-state index contributed by atoms with van der Waals surface area (Å²) in [6.45, 7) is 0.395. The van der Waals surface area contributed by atoms with Crippen molar-refractivity contribution in [3.63, 3.8) is 0 Å². The van der Waals surface area contributed by atoms with Gasteiger partial charge in [-0.2, -0.15) is 13.2 Å². The van der Waals surface area contributed by atoms with Gasteiger partial charge in [0.2, 0.25) is 5.91 Å². The van der Waals surface area contributed by atoms with E-state index in [0.29, 0.717) is 29.0 Å². The average molecular weight is 498 g/mol. The molecule has 0 radical (unpaired) electrons. The Labute approximate surface area is 204 Å². The van der Waals surface area contributed by atoms with Crippen LogP contribution in [-0.2, 0) is 23.9 Å². The summed E-state index contributed by atoms with van der Waals surface area (Å²) < 4.78 is 41.2. The van der Waals surface area contributed by atoms with Gasteiger partial charge in [0.1, 0.15) is 0 Å². The predicted octanol–water partition coefficient (Wildman–Crippen LogP) is 5.78. The minimum absolute atomic E-state index is 0.199. The summed E-state index contributed by atoms with van der Waals surface area (Å²) >= 11 is 1.02. The van der Waals surface area contributed by atoms with Crippen LogP contribution in [0.3, 0.4) is 0 Å². The lowest BCUT2D eigenvalue weighted by Gasteiger charge is -2.15. The summed E-state index contributed by atoms with van der Waals surface area (Å²) in [5, 5.41) is 3.15. The minimum atomic E-state index is -4.59. The summed E-state index contributed by atoms with van der Waals surface area (Å²) in [4.78, 5) is 30.2. The molecule has 9 heteroatoms. The van der Waals surface area contributed by atoms with Crippen molar-refractivity contribution < 1.29 is 18.0 Å². The number of aryl methyl sites for hydroxylation is 1. The third kappa shape index (κ3) is 6.10. The van der Waals surface area contributed by atoms with Gasteiger partial charge < -0.3 is 5.32 Å². The first-order valence-corrected chi connectivity index (χ1v) is 11.9. The van der Waals surface area contributed by atoms with Crippen LogP contribution in [0.4, 0.5) is 18.9 Å². The monoisotopic (exact) mass is 497 g/mol. The normalized spacial score (nSPS) is 11.5. The third-order valence-corrected chi connectivity index (χ3v) is 6.33. The number of benzene rings is 3. The number of nitrogens with zero attached hydrogens (tertiary/aromatic N) is 2. The molecule has 1 aromatic heterocycles. The fourth-order valence-electron chi connectivity index (χ4n) is 3.70. The maximum absolute atomic E-state index is 13.2. The van der Waals surface area contributed by atoms with Crippen molar-refractivity contribution in [3.05, 3.63) is 100 Å². The molecule has 5 nitrogen and oxygen atoms in total. The lowest BCUT2D eigenvalue weighted by Crippen LogP contribution is -2.25. The SMILES string of the molecule is O=C(CSc1nc2ccccc2c(=O)n1CCCc1ccccc1)Nc1ccccc1C(F)(F)F. The minimum Gasteiger partial charge on any atom is -0.325 e. The van der Waals surface area contributed by atoms with Crippen LogP contribution in [0.1, 0.15) is 17.5 Å². The Hall–Kier alpha value is -3.59. The molecule has 3 aromatic carbocycles. The number of fused-ring (bicyclic) bond motifs is 1. The van der Waals surface area contributed by atoms with Crippen LogP contribution in [-0.4, -0.2) is 21.2 Å². The fourth-order valence-corrected chi connectivity index (χ4v) is 4.52. The zero-order valence-electron chi connectivity index (χ0n) is 18.6. The van der Waals surface area contributed by atoms with Gasteiger partial charge in [0.05, 0.1) is 27.9 Å². The Morgan fingerprint density at radius 2 is 1.63 bits per heavy atom. The van der Waals surface area contributed by atoms with Gasteiger partial charge in [0.15, 0.2) is 5.16 Å². The molecule has 1 heterocycles. The number of alkyl halides is 3. The van der Waals surface area contributed by atoms with Gasteiger partial charge in [0, 0.05) is 6.54 Å². The number of hydrogen-bond donors (Lipinski definition) is 1. The third-order valence-electron chi connectivity index (χ3n) is 5.36. The van der Waals surface area contributed by atoms with Crippen LogP contribution in [0.5, 0.6) is 0 Å². The van der Waals surface area contributed by atoms with E-state index < -0.39 is 17.6 Å². The fraction of sp³-hybridized carbons (Fsp3) is 0.192. The predicted molar refractivity (Wildman–Crippen MR) is 132 cm³/mol. The topological polar surface area (TPSA) is 64.0 Å². The van der Waals surface area contributed by atoms with Crippen LogP contribution in [0, 0.1) is 0 Å². The van der Waals surface area contributed by atoms with Gasteiger partial charge in [-0.3, -0.25) is 14.2 Å². The van der Waals surface area contributed by atoms with Crippen molar-refractivity contribution in [1.29, 1.82) is 0 Å². The number of amides is 1. The van der Waals surface area contributed by atoms with Gasteiger partial charge in [0.25, 0.3) is 5.56 Å². The largest absolute Gasteiger partial charge is 0.418 e. The number of carbonyl (C=O) groups is 1. The molecule has 0 aliphatic rings. The number of halogens is 3. The molecule has 0 spiro atoms. The molecule has 0 saturated heterocycles. The van der Waals surface area contributed by atoms with E-state index in [1.54, 1.807) is 24.3 Å². The van der Waals surface area contributed by atoms with Gasteiger partial charge >= 0.3 is 6.18 Å². The van der Waals surface area contributed by atoms with E-state index in [9.17, 15) is 22.8 Å². The van der Waals surface area contributed by atoms with Crippen LogP contribution in [0.25, 0.3) is 10.9 Å². The van der Waals surface area contributed by atoms with E-state index in [1.165, 1.54) is 22.8 Å². The Balaban J connectivity index is 1.52. The lowest BCUT2D eigenvalue weighted by molar-refractivity contribution is -0.137. The molecule has 0 bridgehead atoms. The summed E-state index contributed by atoms with van der Waals surface area (Å²) in [5.41, 5.74) is 0.208. The molecule has 0 saturated carbocycles. The highest BCUT2D eigenvalue weighted by Gasteiger charge is 2.33. The highest BCUT2D eigenvalue weighted by atomic mass is 32.2. The van der Waals surface area contributed by atoms with Crippen molar-refractivity contribution in [2.45, 2.75) is 30.7 Å². The van der Waals surface area contributed by atoms with E-state index in [4.69, 9.17) is 0 Å². The van der Waals surface area contributed by atoms with E-state index in [2.05, 4.69) is 10.3 Å². The van der Waals surface area contributed by atoms with Crippen molar-refractivity contribution in [3.8, 4) is 0 Å². The van der Waals surface area contributed by atoms with Gasteiger partial charge in [-0.25, -0.2) is 4.98 Å². The molecule has 4 rings (SSSR count). The molecule has 0 atom stereocenters. The Morgan fingerprint density at radius 1 is 0.943 bits per heavy atom. The molecule has 1 N–H and O–H groups in total. The second-order valence-electron chi connectivity index (χ2n) is 7.84. The van der Waals surface area contributed by atoms with Crippen molar-refractivity contribution in [1.82, 2.24) is 9.55 Å². The standard InChI is InChI=1S/C26H22F3N3O2S/c27-26(28,29)20-13-5-7-15-22(20)30-23(33)17-35-25-31-21-14-6-4-12-19(21)24(34)32(25)16-8-11-18-9-2-1-3-10-18/h1-7,9-10,12-15H,8,11,16-17H2,(H,30,33). The van der Waals surface area contributed by atoms with Crippen LogP contribution >= 0.6 is 11.8 Å². The molecule has 0 fully saturated rings. The number of rotatable bonds is 8. The first-order valence-electron chi connectivity index (χ1n) is 11.0. The highest BCUT2D eigenvalue weighted by Crippen LogP contribution is 2.34. The summed E-state index contributed by atoms with van der Waals surface area (Å²) in [7, 11) is 0. The van der Waals surface area contributed by atoms with Gasteiger partial charge in [-0.05, 0) is 42.7 Å². The number of thioether (sulfide) groups is 1. The maximum atomic E-state index is 13.2. The zero-order chi connectivity index (χ0) is 24.8. The van der Waals surface area contributed by atoms with E-state index in [1.807, 2.05) is 30.3 Å². The quantitative estimate of drug-likeness (QED) is 0.248. The first-order chi connectivity index (χ1) is 16.8. The molecule has 0 aliphatic carbocycles. The number of aromatic nitrogens is 2. The smallest absolute Gasteiger partial charge is 0.325 e. The molecule has 0 aliphatic heterocycles.